The molecule has 28 heavy (non-hydrogen) atoms. The van der Waals surface area contributed by atoms with Gasteiger partial charge >= 0.3 is 0 Å². The molecule has 0 bridgehead atoms. The van der Waals surface area contributed by atoms with Crippen molar-refractivity contribution < 1.29 is 8.95 Å². The molecule has 0 spiro atoms. The number of rotatable bonds is 3. The van der Waals surface area contributed by atoms with E-state index in [0.29, 0.717) is 23.2 Å². The number of fused-ring (bicyclic) bond motifs is 1. The lowest BCUT2D eigenvalue weighted by Crippen LogP contribution is -2.28. The van der Waals surface area contributed by atoms with Crippen LogP contribution in [0.1, 0.15) is 63.4 Å². The third kappa shape index (κ3) is 4.10. The molecule has 1 aromatic heterocycles. The highest BCUT2D eigenvalue weighted by molar-refractivity contribution is 7.85. The summed E-state index contributed by atoms with van der Waals surface area (Å²) in [6, 6.07) is 3.83. The van der Waals surface area contributed by atoms with E-state index in [1.165, 1.54) is 0 Å². The van der Waals surface area contributed by atoms with Crippen LogP contribution in [0.5, 0.6) is 0 Å². The summed E-state index contributed by atoms with van der Waals surface area (Å²) in [6.07, 6.45) is 1.92. The molecule has 7 heteroatoms. The summed E-state index contributed by atoms with van der Waals surface area (Å²) in [5.74, 6) is 0.845. The maximum Gasteiger partial charge on any atom is 0.261 e. The van der Waals surface area contributed by atoms with Crippen molar-refractivity contribution in [2.45, 2.75) is 58.1 Å². The molecule has 0 radical (unpaired) electrons. The van der Waals surface area contributed by atoms with Crippen molar-refractivity contribution in [3.8, 4) is 0 Å². The molecule has 1 aliphatic heterocycles. The van der Waals surface area contributed by atoms with Crippen LogP contribution >= 0.6 is 0 Å². The molecule has 2 aromatic rings. The fraction of sp³-hybridized carbons (Fsp3) is 0.571. The minimum Gasteiger partial charge on any atom is -0.381 e. The van der Waals surface area contributed by atoms with Gasteiger partial charge < -0.3 is 4.74 Å². The summed E-state index contributed by atoms with van der Waals surface area (Å²) in [7, 11) is 0.394. The van der Waals surface area contributed by atoms with Gasteiger partial charge in [-0.2, -0.15) is 4.40 Å². The van der Waals surface area contributed by atoms with Crippen molar-refractivity contribution in [2.24, 2.45) is 11.4 Å². The van der Waals surface area contributed by atoms with Crippen molar-refractivity contribution >= 4 is 27.6 Å². The molecule has 0 aliphatic carbocycles. The van der Waals surface area contributed by atoms with Gasteiger partial charge in [0.15, 0.2) is 0 Å². The zero-order chi connectivity index (χ0) is 20.6. The molecule has 2 atom stereocenters. The SMILES string of the molecule is C/C(=N/[S@](=O)C(C)(C)C)c1cc(C)cc2c(=O)n(C)c(C3CCCOC3)nc12. The first-order chi connectivity index (χ1) is 13.1. The Labute approximate surface area is 168 Å². The van der Waals surface area contributed by atoms with E-state index in [-0.39, 0.29) is 11.5 Å². The summed E-state index contributed by atoms with van der Waals surface area (Å²) < 4.78 is 23.7. The van der Waals surface area contributed by atoms with E-state index in [2.05, 4.69) is 4.40 Å². The highest BCUT2D eigenvalue weighted by Crippen LogP contribution is 2.26. The normalized spacial score (nSPS) is 19.8. The second kappa shape index (κ2) is 7.87. The van der Waals surface area contributed by atoms with Gasteiger partial charge in [-0.05, 0) is 65.2 Å². The van der Waals surface area contributed by atoms with Gasteiger partial charge in [0.25, 0.3) is 5.56 Å². The third-order valence-electron chi connectivity index (χ3n) is 5.02. The van der Waals surface area contributed by atoms with Gasteiger partial charge in [0.05, 0.1) is 28.0 Å². The molecule has 152 valence electrons. The van der Waals surface area contributed by atoms with Crippen LogP contribution in [-0.2, 0) is 22.8 Å². The van der Waals surface area contributed by atoms with Gasteiger partial charge in [-0.3, -0.25) is 9.36 Å². The lowest BCUT2D eigenvalue weighted by atomic mass is 9.99. The Bertz CT molecular complexity index is 1010. The number of ether oxygens (including phenoxy) is 1. The van der Waals surface area contributed by atoms with Crippen LogP contribution in [0, 0.1) is 6.92 Å². The van der Waals surface area contributed by atoms with Gasteiger partial charge in [0, 0.05) is 25.1 Å². The predicted molar refractivity (Wildman–Crippen MR) is 115 cm³/mol. The lowest BCUT2D eigenvalue weighted by molar-refractivity contribution is 0.0770. The van der Waals surface area contributed by atoms with Crippen LogP contribution in [0.2, 0.25) is 0 Å². The summed E-state index contributed by atoms with van der Waals surface area (Å²) in [5.41, 5.74) is 2.91. The maximum absolute atomic E-state index is 13.1. The molecular formula is C21H29N3O3S. The molecular weight excluding hydrogens is 374 g/mol. The van der Waals surface area contributed by atoms with Gasteiger partial charge in [-0.25, -0.2) is 9.19 Å². The molecule has 1 saturated heterocycles. The summed E-state index contributed by atoms with van der Waals surface area (Å²) in [6.45, 7) is 10.8. The lowest BCUT2D eigenvalue weighted by Gasteiger charge is -2.24. The molecule has 1 unspecified atom stereocenters. The highest BCUT2D eigenvalue weighted by atomic mass is 32.2. The van der Waals surface area contributed by atoms with E-state index in [0.717, 1.165) is 36.4 Å². The van der Waals surface area contributed by atoms with E-state index in [1.54, 1.807) is 11.6 Å². The minimum atomic E-state index is -1.38. The quantitative estimate of drug-likeness (QED) is 0.736. The fourth-order valence-electron chi connectivity index (χ4n) is 3.43. The number of nitrogens with zero attached hydrogens (tertiary/aromatic N) is 3. The van der Waals surface area contributed by atoms with E-state index >= 15 is 0 Å². The van der Waals surface area contributed by atoms with Crippen molar-refractivity contribution in [3.63, 3.8) is 0 Å². The molecule has 0 amide bonds. The molecule has 0 N–H and O–H groups in total. The first-order valence-electron chi connectivity index (χ1n) is 9.66. The van der Waals surface area contributed by atoms with Gasteiger partial charge in [-0.15, -0.1) is 0 Å². The van der Waals surface area contributed by atoms with Crippen LogP contribution in [0.15, 0.2) is 21.3 Å². The standard InChI is InChI=1S/C21H29N3O3S/c1-13-10-16(14(2)23-28(26)21(3,4)5)18-17(11-13)20(25)24(6)19(22-18)15-8-7-9-27-12-15/h10-11,15H,7-9,12H2,1-6H3/b23-14-/t15?,28-/m1/s1. The van der Waals surface area contributed by atoms with Crippen LogP contribution in [-0.4, -0.2) is 37.4 Å². The molecule has 2 heterocycles. The number of hydrogen-bond donors (Lipinski definition) is 0. The molecule has 1 aliphatic rings. The van der Waals surface area contributed by atoms with Crippen molar-refractivity contribution in [3.05, 3.63) is 39.4 Å². The second-order valence-electron chi connectivity index (χ2n) is 8.50. The van der Waals surface area contributed by atoms with Gasteiger partial charge in [0.2, 0.25) is 0 Å². The number of benzene rings is 1. The number of aryl methyl sites for hydroxylation is 1. The number of aromatic nitrogens is 2. The fourth-order valence-corrected chi connectivity index (χ4v) is 4.05. The smallest absolute Gasteiger partial charge is 0.261 e. The topological polar surface area (TPSA) is 73.5 Å². The Morgan fingerprint density at radius 1 is 1.36 bits per heavy atom. The monoisotopic (exact) mass is 403 g/mol. The van der Waals surface area contributed by atoms with E-state index in [9.17, 15) is 9.00 Å². The van der Waals surface area contributed by atoms with Crippen LogP contribution in [0.25, 0.3) is 10.9 Å². The molecule has 1 aromatic carbocycles. The highest BCUT2D eigenvalue weighted by Gasteiger charge is 2.24. The Kier molecular flexibility index (Phi) is 5.87. The number of hydrogen-bond acceptors (Lipinski definition) is 4. The van der Waals surface area contributed by atoms with Gasteiger partial charge in [0.1, 0.15) is 16.8 Å². The Morgan fingerprint density at radius 2 is 2.07 bits per heavy atom. The second-order valence-corrected chi connectivity index (χ2v) is 10.4. The predicted octanol–water partition coefficient (Wildman–Crippen LogP) is 3.41. The maximum atomic E-state index is 13.1. The Balaban J connectivity index is 2.23. The summed E-state index contributed by atoms with van der Waals surface area (Å²) in [4.78, 5) is 18.0. The molecule has 1 fully saturated rings. The third-order valence-corrected chi connectivity index (χ3v) is 6.51. The van der Waals surface area contributed by atoms with Gasteiger partial charge in [-0.1, -0.05) is 0 Å². The van der Waals surface area contributed by atoms with Crippen LogP contribution < -0.4 is 5.56 Å². The zero-order valence-electron chi connectivity index (χ0n) is 17.5. The average Bonchev–Trinajstić information content (AvgIpc) is 2.64. The van der Waals surface area contributed by atoms with E-state index < -0.39 is 15.7 Å². The zero-order valence-corrected chi connectivity index (χ0v) is 18.4. The largest absolute Gasteiger partial charge is 0.381 e. The van der Waals surface area contributed by atoms with Crippen LogP contribution in [0.4, 0.5) is 0 Å². The summed E-state index contributed by atoms with van der Waals surface area (Å²) in [5, 5.41) is 0.564. The van der Waals surface area contributed by atoms with Crippen molar-refractivity contribution in [1.29, 1.82) is 0 Å². The average molecular weight is 404 g/mol. The Morgan fingerprint density at radius 3 is 2.68 bits per heavy atom. The molecule has 6 nitrogen and oxygen atoms in total. The van der Waals surface area contributed by atoms with E-state index in [4.69, 9.17) is 9.72 Å². The molecule has 3 rings (SSSR count). The van der Waals surface area contributed by atoms with Crippen molar-refractivity contribution in [1.82, 2.24) is 9.55 Å². The van der Waals surface area contributed by atoms with E-state index in [1.807, 2.05) is 46.8 Å². The van der Waals surface area contributed by atoms with Crippen LogP contribution in [0.3, 0.4) is 0 Å². The Hall–Kier alpha value is -1.86. The summed E-state index contributed by atoms with van der Waals surface area (Å²) >= 11 is 0. The minimum absolute atomic E-state index is 0.0692. The first-order valence-corrected chi connectivity index (χ1v) is 10.8. The molecule has 0 saturated carbocycles. The first kappa shape index (κ1) is 20.9. The van der Waals surface area contributed by atoms with Crippen molar-refractivity contribution in [2.75, 3.05) is 13.2 Å².